The monoisotopic (exact) mass is 390 g/mol. The number of rotatable bonds is 5. The number of carbonyl (C=O) groups excluding carboxylic acids is 1. The fraction of sp³-hybridized carbons (Fsp3) is 0.0435. The molecule has 0 fully saturated rings. The second-order valence-electron chi connectivity index (χ2n) is 6.15. The van der Waals surface area contributed by atoms with E-state index in [-0.39, 0.29) is 11.4 Å². The van der Waals surface area contributed by atoms with Crippen LogP contribution in [0, 0.1) is 17.1 Å². The van der Waals surface area contributed by atoms with E-state index in [0.717, 1.165) is 11.1 Å². The number of carbonyl (C=O) groups is 1. The molecule has 3 aromatic carbocycles. The molecule has 0 aliphatic heterocycles. The van der Waals surface area contributed by atoms with Gasteiger partial charge < -0.3 is 5.32 Å². The summed E-state index contributed by atoms with van der Waals surface area (Å²) in [6.07, 6.45) is 2.11. The lowest BCUT2D eigenvalue weighted by molar-refractivity contribution is -0.112. The molecule has 0 aromatic heterocycles. The summed E-state index contributed by atoms with van der Waals surface area (Å²) in [6.45, 7) is 0. The average Bonchev–Trinajstić information content (AvgIpc) is 2.69. The fourth-order valence-electron chi connectivity index (χ4n) is 2.68. The highest BCUT2D eigenvalue weighted by Crippen LogP contribution is 2.21. The van der Waals surface area contributed by atoms with Gasteiger partial charge in [-0.25, -0.2) is 4.39 Å². The quantitative estimate of drug-likeness (QED) is 0.454. The van der Waals surface area contributed by atoms with Gasteiger partial charge in [0.2, 0.25) is 0 Å². The van der Waals surface area contributed by atoms with Crippen LogP contribution in [0.25, 0.3) is 6.08 Å². The van der Waals surface area contributed by atoms with Crippen LogP contribution >= 0.6 is 11.6 Å². The van der Waals surface area contributed by atoms with Crippen LogP contribution in [-0.4, -0.2) is 5.91 Å². The topological polar surface area (TPSA) is 52.9 Å². The van der Waals surface area contributed by atoms with E-state index < -0.39 is 5.91 Å². The van der Waals surface area contributed by atoms with Crippen LogP contribution in [0.15, 0.2) is 78.4 Å². The first-order chi connectivity index (χ1) is 13.5. The predicted octanol–water partition coefficient (Wildman–Crippen LogP) is 5.62. The van der Waals surface area contributed by atoms with E-state index in [1.807, 2.05) is 36.4 Å². The van der Waals surface area contributed by atoms with Gasteiger partial charge in [0.25, 0.3) is 5.91 Å². The van der Waals surface area contributed by atoms with Gasteiger partial charge >= 0.3 is 0 Å². The van der Waals surface area contributed by atoms with E-state index in [1.165, 1.54) is 18.2 Å². The molecule has 0 saturated heterocycles. The summed E-state index contributed by atoms with van der Waals surface area (Å²) in [4.78, 5) is 12.3. The van der Waals surface area contributed by atoms with Crippen molar-refractivity contribution < 1.29 is 9.18 Å². The summed E-state index contributed by atoms with van der Waals surface area (Å²) in [6, 6.07) is 22.6. The first-order valence-corrected chi connectivity index (χ1v) is 8.94. The first-order valence-electron chi connectivity index (χ1n) is 8.56. The Balaban J connectivity index is 1.73. The Bertz CT molecular complexity index is 1070. The molecule has 3 aromatic rings. The van der Waals surface area contributed by atoms with E-state index >= 15 is 0 Å². The molecular weight excluding hydrogens is 375 g/mol. The van der Waals surface area contributed by atoms with Gasteiger partial charge in [-0.2, -0.15) is 5.26 Å². The molecule has 0 heterocycles. The molecular formula is C23H16ClFN2O. The Hall–Kier alpha value is -3.42. The van der Waals surface area contributed by atoms with Gasteiger partial charge in [-0.05, 0) is 53.5 Å². The van der Waals surface area contributed by atoms with Crippen molar-refractivity contribution in [3.63, 3.8) is 0 Å². The van der Waals surface area contributed by atoms with Gasteiger partial charge in [0.15, 0.2) is 0 Å². The minimum absolute atomic E-state index is 0.0298. The van der Waals surface area contributed by atoms with Gasteiger partial charge in [0, 0.05) is 0 Å². The Kier molecular flexibility index (Phi) is 6.21. The number of amides is 1. The summed E-state index contributed by atoms with van der Waals surface area (Å²) in [5.74, 6) is -0.792. The number of halogens is 2. The van der Waals surface area contributed by atoms with Crippen molar-refractivity contribution in [1.29, 1.82) is 5.26 Å². The zero-order valence-corrected chi connectivity index (χ0v) is 15.6. The predicted molar refractivity (Wildman–Crippen MR) is 109 cm³/mol. The number of hydrogen-bond acceptors (Lipinski definition) is 2. The summed E-state index contributed by atoms with van der Waals surface area (Å²) in [5.41, 5.74) is 3.01. The molecule has 0 unspecified atom stereocenters. The van der Waals surface area contributed by atoms with Crippen molar-refractivity contribution in [2.24, 2.45) is 0 Å². The van der Waals surface area contributed by atoms with Crippen LogP contribution in [0.2, 0.25) is 5.02 Å². The summed E-state index contributed by atoms with van der Waals surface area (Å²) >= 11 is 6.03. The smallest absolute Gasteiger partial charge is 0.266 e. The van der Waals surface area contributed by atoms with Gasteiger partial charge in [0.1, 0.15) is 17.5 Å². The lowest BCUT2D eigenvalue weighted by Crippen LogP contribution is -2.13. The average molecular weight is 391 g/mol. The first kappa shape index (κ1) is 19.3. The van der Waals surface area contributed by atoms with Gasteiger partial charge in [-0.1, -0.05) is 60.1 Å². The SMILES string of the molecule is N#C/C(=C\c1ccc(Cc2cccc(F)c2)cc1)C(=O)Nc1ccccc1Cl. The summed E-state index contributed by atoms with van der Waals surface area (Å²) in [5, 5.41) is 12.4. The van der Waals surface area contributed by atoms with Crippen molar-refractivity contribution in [3.05, 3.63) is 106 Å². The molecule has 0 saturated carbocycles. The molecule has 0 bridgehead atoms. The number of benzene rings is 3. The largest absolute Gasteiger partial charge is 0.320 e. The van der Waals surface area contributed by atoms with Crippen molar-refractivity contribution in [2.75, 3.05) is 5.32 Å². The third kappa shape index (κ3) is 5.06. The molecule has 5 heteroatoms. The van der Waals surface area contributed by atoms with Crippen LogP contribution < -0.4 is 5.32 Å². The molecule has 138 valence electrons. The highest BCUT2D eigenvalue weighted by molar-refractivity contribution is 6.34. The molecule has 0 aliphatic carbocycles. The van der Waals surface area contributed by atoms with E-state index in [2.05, 4.69) is 5.32 Å². The Morgan fingerprint density at radius 2 is 1.79 bits per heavy atom. The number of nitrogens with zero attached hydrogens (tertiary/aromatic N) is 1. The number of nitriles is 1. The number of nitrogens with one attached hydrogen (secondary N) is 1. The third-order valence-corrected chi connectivity index (χ3v) is 4.40. The maximum Gasteiger partial charge on any atom is 0.266 e. The van der Waals surface area contributed by atoms with E-state index in [4.69, 9.17) is 11.6 Å². The van der Waals surface area contributed by atoms with Gasteiger partial charge in [-0.3, -0.25) is 4.79 Å². The third-order valence-electron chi connectivity index (χ3n) is 4.08. The van der Waals surface area contributed by atoms with Gasteiger partial charge in [-0.15, -0.1) is 0 Å². The Morgan fingerprint density at radius 3 is 2.46 bits per heavy atom. The molecule has 1 amide bonds. The minimum Gasteiger partial charge on any atom is -0.320 e. The van der Waals surface area contributed by atoms with Crippen molar-refractivity contribution in [1.82, 2.24) is 0 Å². The highest BCUT2D eigenvalue weighted by atomic mass is 35.5. The Labute approximate surface area is 167 Å². The van der Waals surface area contributed by atoms with Crippen LogP contribution in [0.3, 0.4) is 0 Å². The maximum atomic E-state index is 13.3. The fourth-order valence-corrected chi connectivity index (χ4v) is 2.86. The molecule has 1 N–H and O–H groups in total. The molecule has 3 nitrogen and oxygen atoms in total. The van der Waals surface area contributed by atoms with E-state index in [9.17, 15) is 14.4 Å². The van der Waals surface area contributed by atoms with E-state index in [0.29, 0.717) is 22.7 Å². The maximum absolute atomic E-state index is 13.3. The molecule has 0 aliphatic rings. The summed E-state index contributed by atoms with van der Waals surface area (Å²) in [7, 11) is 0. The summed E-state index contributed by atoms with van der Waals surface area (Å²) < 4.78 is 13.3. The zero-order chi connectivity index (χ0) is 19.9. The standard InChI is InChI=1S/C23H16ClFN2O/c24-21-6-1-2-7-22(21)27-23(28)19(15-26)13-17-10-8-16(9-11-17)12-18-4-3-5-20(25)14-18/h1-11,13-14H,12H2,(H,27,28)/b19-13+. The van der Waals surface area contributed by atoms with Crippen molar-refractivity contribution >= 4 is 29.3 Å². The second-order valence-corrected chi connectivity index (χ2v) is 6.56. The van der Waals surface area contributed by atoms with Crippen LogP contribution in [0.1, 0.15) is 16.7 Å². The lowest BCUT2D eigenvalue weighted by Gasteiger charge is -2.06. The number of para-hydroxylation sites is 1. The number of anilines is 1. The Morgan fingerprint density at radius 1 is 1.04 bits per heavy atom. The lowest BCUT2D eigenvalue weighted by atomic mass is 10.0. The van der Waals surface area contributed by atoms with Crippen LogP contribution in [0.4, 0.5) is 10.1 Å². The molecule has 0 radical (unpaired) electrons. The minimum atomic E-state index is -0.528. The number of hydrogen-bond donors (Lipinski definition) is 1. The normalized spacial score (nSPS) is 11.0. The van der Waals surface area contributed by atoms with Crippen molar-refractivity contribution in [2.45, 2.75) is 6.42 Å². The second kappa shape index (κ2) is 8.98. The van der Waals surface area contributed by atoms with Crippen LogP contribution in [-0.2, 0) is 11.2 Å². The zero-order valence-electron chi connectivity index (χ0n) is 14.8. The molecule has 3 rings (SSSR count). The molecule has 0 spiro atoms. The molecule has 28 heavy (non-hydrogen) atoms. The van der Waals surface area contributed by atoms with Crippen molar-refractivity contribution in [3.8, 4) is 6.07 Å². The van der Waals surface area contributed by atoms with Gasteiger partial charge in [0.05, 0.1) is 10.7 Å². The van der Waals surface area contributed by atoms with Crippen LogP contribution in [0.5, 0.6) is 0 Å². The van der Waals surface area contributed by atoms with E-state index in [1.54, 1.807) is 30.3 Å². The molecule has 0 atom stereocenters. The highest BCUT2D eigenvalue weighted by Gasteiger charge is 2.11.